The number of methoxy groups -OCH3 is 2. The minimum absolute atomic E-state index is 0.0294. The standard InChI is InChI=1S/C24H26F4N4O3/c1-14(15-4-7-22(25)32-10-15)30-12-19(29)16-8-20(33-2)23(21(9-16)34-3)35-13-18-6-5-17(11-31-18)24(26,27)28/h4-9,12,15,30-31H,1,10-11,13,29H2,2-3H3/b19-12-. The van der Waals surface area contributed by atoms with E-state index >= 15 is 0 Å². The summed E-state index contributed by atoms with van der Waals surface area (Å²) in [5.74, 6) is 0.200. The van der Waals surface area contributed by atoms with Gasteiger partial charge in [-0.1, -0.05) is 18.7 Å². The van der Waals surface area contributed by atoms with E-state index in [-0.39, 0.29) is 31.4 Å². The fourth-order valence-electron chi connectivity index (χ4n) is 3.24. The molecule has 0 aliphatic carbocycles. The lowest BCUT2D eigenvalue weighted by atomic mass is 10.0. The van der Waals surface area contributed by atoms with Gasteiger partial charge >= 0.3 is 6.18 Å². The van der Waals surface area contributed by atoms with Gasteiger partial charge in [-0.15, -0.1) is 0 Å². The molecule has 7 nitrogen and oxygen atoms in total. The molecule has 3 rings (SSSR count). The number of aliphatic imine (C=N–C) groups is 1. The highest BCUT2D eigenvalue weighted by molar-refractivity contribution is 5.87. The van der Waals surface area contributed by atoms with Gasteiger partial charge in [0.25, 0.3) is 0 Å². The maximum Gasteiger partial charge on any atom is 0.414 e. The number of hydrogen-bond acceptors (Lipinski definition) is 7. The first kappa shape index (κ1) is 25.7. The van der Waals surface area contributed by atoms with E-state index in [0.29, 0.717) is 34.2 Å². The average Bonchev–Trinajstić information content (AvgIpc) is 2.85. The number of benzene rings is 1. The second-order valence-electron chi connectivity index (χ2n) is 7.63. The summed E-state index contributed by atoms with van der Waals surface area (Å²) in [6.07, 6.45) is 2.45. The quantitative estimate of drug-likeness (QED) is 0.450. The third-order valence-electron chi connectivity index (χ3n) is 5.29. The Balaban J connectivity index is 1.72. The van der Waals surface area contributed by atoms with Gasteiger partial charge in [-0.05, 0) is 24.3 Å². The maximum atomic E-state index is 13.0. The maximum absolute atomic E-state index is 13.0. The van der Waals surface area contributed by atoms with Crippen LogP contribution in [0.2, 0.25) is 0 Å². The van der Waals surface area contributed by atoms with Crippen LogP contribution in [0.5, 0.6) is 17.2 Å². The van der Waals surface area contributed by atoms with E-state index in [4.69, 9.17) is 19.9 Å². The topological polar surface area (TPSA) is 90.1 Å². The molecule has 2 heterocycles. The number of rotatable bonds is 9. The van der Waals surface area contributed by atoms with Gasteiger partial charge in [-0.25, -0.2) is 0 Å². The average molecular weight is 494 g/mol. The van der Waals surface area contributed by atoms with Crippen LogP contribution in [0.3, 0.4) is 0 Å². The minimum Gasteiger partial charge on any atom is -0.493 e. The Labute approximate surface area is 200 Å². The number of hydrogen-bond donors (Lipinski definition) is 3. The van der Waals surface area contributed by atoms with Crippen LogP contribution in [-0.2, 0) is 0 Å². The first-order chi connectivity index (χ1) is 16.6. The Morgan fingerprint density at radius 1 is 1.26 bits per heavy atom. The summed E-state index contributed by atoms with van der Waals surface area (Å²) in [4.78, 5) is 3.74. The van der Waals surface area contributed by atoms with Crippen molar-refractivity contribution in [3.05, 3.63) is 71.7 Å². The number of halogens is 4. The van der Waals surface area contributed by atoms with Gasteiger partial charge in [0, 0.05) is 35.6 Å². The first-order valence-corrected chi connectivity index (χ1v) is 10.5. The molecule has 188 valence electrons. The number of nitrogens with two attached hydrogens (primary N) is 1. The van der Waals surface area contributed by atoms with Crippen LogP contribution in [0.4, 0.5) is 17.6 Å². The molecule has 2 aliphatic rings. The van der Waals surface area contributed by atoms with Gasteiger partial charge in [0.15, 0.2) is 11.5 Å². The highest BCUT2D eigenvalue weighted by Crippen LogP contribution is 2.40. The van der Waals surface area contributed by atoms with Crippen molar-refractivity contribution < 1.29 is 31.8 Å². The minimum atomic E-state index is -4.38. The summed E-state index contributed by atoms with van der Waals surface area (Å²) in [7, 11) is 2.88. The first-order valence-electron chi connectivity index (χ1n) is 10.5. The number of allylic oxidation sites excluding steroid dienone is 3. The van der Waals surface area contributed by atoms with Crippen molar-refractivity contribution in [2.75, 3.05) is 33.9 Å². The zero-order valence-corrected chi connectivity index (χ0v) is 19.2. The van der Waals surface area contributed by atoms with Crippen molar-refractivity contribution in [1.29, 1.82) is 0 Å². The number of ether oxygens (including phenoxy) is 3. The molecule has 11 heteroatoms. The van der Waals surface area contributed by atoms with Crippen LogP contribution in [0.15, 0.2) is 71.2 Å². The molecule has 35 heavy (non-hydrogen) atoms. The van der Waals surface area contributed by atoms with Crippen LogP contribution < -0.4 is 30.6 Å². The zero-order valence-electron chi connectivity index (χ0n) is 19.2. The smallest absolute Gasteiger partial charge is 0.414 e. The molecule has 0 fully saturated rings. The molecule has 1 aromatic rings. The SMILES string of the molecule is C=C(N/C=C(\N)c1cc(OC)c(OCC2=CC=C(C(F)(F)F)CN2)c(OC)c1)C1C=CC(F)=NC1. The second-order valence-corrected chi connectivity index (χ2v) is 7.63. The van der Waals surface area contributed by atoms with Crippen molar-refractivity contribution in [1.82, 2.24) is 10.6 Å². The molecule has 1 unspecified atom stereocenters. The van der Waals surface area contributed by atoms with Gasteiger partial charge in [-0.2, -0.15) is 17.6 Å². The van der Waals surface area contributed by atoms with E-state index in [9.17, 15) is 17.6 Å². The van der Waals surface area contributed by atoms with E-state index in [1.807, 2.05) is 0 Å². The third-order valence-corrected chi connectivity index (χ3v) is 5.29. The van der Waals surface area contributed by atoms with E-state index in [0.717, 1.165) is 6.08 Å². The highest BCUT2D eigenvalue weighted by Gasteiger charge is 2.34. The lowest BCUT2D eigenvalue weighted by Gasteiger charge is -2.21. The van der Waals surface area contributed by atoms with Gasteiger partial charge in [0.1, 0.15) is 6.61 Å². The zero-order chi connectivity index (χ0) is 25.6. The fraction of sp³-hybridized carbons (Fsp3) is 0.292. The van der Waals surface area contributed by atoms with Crippen LogP contribution in [0, 0.1) is 5.92 Å². The van der Waals surface area contributed by atoms with E-state index in [1.165, 1.54) is 26.4 Å². The summed E-state index contributed by atoms with van der Waals surface area (Å²) in [5, 5.41) is 5.69. The van der Waals surface area contributed by atoms with E-state index in [2.05, 4.69) is 22.2 Å². The molecule has 0 radical (unpaired) electrons. The summed E-state index contributed by atoms with van der Waals surface area (Å²) >= 11 is 0. The molecular formula is C24H26F4N4O3. The normalized spacial score (nSPS) is 18.1. The summed E-state index contributed by atoms with van der Waals surface area (Å²) in [6, 6.07) is 3.28. The molecule has 0 amide bonds. The number of nitrogens with one attached hydrogen (secondary N) is 2. The summed E-state index contributed by atoms with van der Waals surface area (Å²) < 4.78 is 68.0. The Bertz CT molecular complexity index is 1100. The monoisotopic (exact) mass is 494 g/mol. The van der Waals surface area contributed by atoms with Crippen LogP contribution in [0.25, 0.3) is 5.70 Å². The molecule has 1 atom stereocenters. The predicted molar refractivity (Wildman–Crippen MR) is 126 cm³/mol. The molecule has 0 saturated carbocycles. The van der Waals surface area contributed by atoms with E-state index < -0.39 is 17.7 Å². The van der Waals surface area contributed by atoms with Gasteiger partial charge in [0.05, 0.1) is 32.0 Å². The van der Waals surface area contributed by atoms with Crippen LogP contribution in [0.1, 0.15) is 5.56 Å². The van der Waals surface area contributed by atoms with Crippen molar-refractivity contribution in [3.63, 3.8) is 0 Å². The Hall–Kier alpha value is -3.89. The number of dihydropyridines is 2. The number of alkyl halides is 3. The lowest BCUT2D eigenvalue weighted by Crippen LogP contribution is -2.29. The molecular weight excluding hydrogens is 468 g/mol. The lowest BCUT2D eigenvalue weighted by molar-refractivity contribution is -0.0929. The Morgan fingerprint density at radius 2 is 1.94 bits per heavy atom. The molecule has 4 N–H and O–H groups in total. The third kappa shape index (κ3) is 6.58. The van der Waals surface area contributed by atoms with Gasteiger partial charge in [-0.3, -0.25) is 4.99 Å². The fourth-order valence-corrected chi connectivity index (χ4v) is 3.24. The molecule has 1 aromatic carbocycles. The summed E-state index contributed by atoms with van der Waals surface area (Å²) in [6.45, 7) is 3.81. The predicted octanol–water partition coefficient (Wildman–Crippen LogP) is 3.97. The second kappa shape index (κ2) is 11.0. The number of nitrogens with zero attached hydrogens (tertiary/aromatic N) is 1. The summed E-state index contributed by atoms with van der Waals surface area (Å²) in [5.41, 5.74) is 7.50. The Kier molecular flexibility index (Phi) is 8.10. The van der Waals surface area contributed by atoms with Gasteiger partial charge in [0.2, 0.25) is 11.7 Å². The van der Waals surface area contributed by atoms with Crippen LogP contribution in [-0.4, -0.2) is 46.1 Å². The highest BCUT2D eigenvalue weighted by atomic mass is 19.4. The van der Waals surface area contributed by atoms with Crippen molar-refractivity contribution in [3.8, 4) is 17.2 Å². The van der Waals surface area contributed by atoms with Gasteiger partial charge < -0.3 is 30.6 Å². The molecule has 2 aliphatic heterocycles. The van der Waals surface area contributed by atoms with E-state index in [1.54, 1.807) is 24.4 Å². The largest absolute Gasteiger partial charge is 0.493 e. The Morgan fingerprint density at radius 3 is 2.46 bits per heavy atom. The molecule has 0 bridgehead atoms. The molecule has 0 aromatic heterocycles. The van der Waals surface area contributed by atoms with Crippen molar-refractivity contribution in [2.45, 2.75) is 6.18 Å². The van der Waals surface area contributed by atoms with Crippen molar-refractivity contribution in [2.24, 2.45) is 16.6 Å². The van der Waals surface area contributed by atoms with Crippen molar-refractivity contribution >= 4 is 11.7 Å². The molecule has 0 saturated heterocycles. The van der Waals surface area contributed by atoms with Crippen LogP contribution >= 0.6 is 0 Å². The molecule has 0 spiro atoms.